The molecule has 0 aliphatic carbocycles. The van der Waals surface area contributed by atoms with Gasteiger partial charge in [-0.3, -0.25) is 10.1 Å². The smallest absolute Gasteiger partial charge is 0.411 e. The van der Waals surface area contributed by atoms with Crippen molar-refractivity contribution in [2.24, 2.45) is 0 Å². The van der Waals surface area contributed by atoms with Crippen molar-refractivity contribution in [3.05, 3.63) is 15.0 Å². The van der Waals surface area contributed by atoms with Gasteiger partial charge in [-0.1, -0.05) is 11.6 Å². The summed E-state index contributed by atoms with van der Waals surface area (Å²) < 4.78 is 22.6. The van der Waals surface area contributed by atoms with E-state index in [4.69, 9.17) is 11.6 Å². The lowest BCUT2D eigenvalue weighted by molar-refractivity contribution is -0.139. The van der Waals surface area contributed by atoms with Gasteiger partial charge in [0.05, 0.1) is 25.2 Å². The Hall–Kier alpha value is -1.34. The highest BCUT2D eigenvalue weighted by atomic mass is 35.5. The van der Waals surface area contributed by atoms with Crippen LogP contribution in [0.1, 0.15) is 11.8 Å². The lowest BCUT2D eigenvalue weighted by Crippen LogP contribution is -2.13. The zero-order valence-electron chi connectivity index (χ0n) is 9.71. The first-order chi connectivity index (χ1) is 8.49. The molecule has 0 unspecified atom stereocenters. The minimum atomic E-state index is -0.805. The van der Waals surface area contributed by atoms with Gasteiger partial charge in [-0.25, -0.2) is 4.79 Å². The van der Waals surface area contributed by atoms with Gasteiger partial charge >= 0.3 is 12.1 Å². The summed E-state index contributed by atoms with van der Waals surface area (Å²) in [5, 5.41) is 1.48. The van der Waals surface area contributed by atoms with Crippen LogP contribution in [0.15, 0.2) is 0 Å². The van der Waals surface area contributed by atoms with Crippen molar-refractivity contribution < 1.29 is 23.5 Å². The number of hydrogen-bond donors (Lipinski definition) is 1. The molecule has 0 aromatic carbocycles. The lowest BCUT2D eigenvalue weighted by Gasteiger charge is -2.04. The quantitative estimate of drug-likeness (QED) is 0.868. The molecule has 0 saturated carbocycles. The van der Waals surface area contributed by atoms with Crippen LogP contribution in [0.25, 0.3) is 0 Å². The monoisotopic (exact) mass is 295 g/mol. The van der Waals surface area contributed by atoms with E-state index >= 15 is 0 Å². The number of anilines is 1. The first-order valence-electron chi connectivity index (χ1n) is 4.96. The normalized spacial score (nSPS) is 10.0. The van der Waals surface area contributed by atoms with Crippen molar-refractivity contribution >= 4 is 40.7 Å². The summed E-state index contributed by atoms with van der Waals surface area (Å²) in [6.45, 7) is 1.78. The molecule has 0 aliphatic rings. The summed E-state index contributed by atoms with van der Waals surface area (Å²) in [6.07, 6.45) is -0.956. The van der Waals surface area contributed by atoms with E-state index in [1.165, 1.54) is 7.11 Å². The third kappa shape index (κ3) is 3.58. The molecule has 0 spiro atoms. The van der Waals surface area contributed by atoms with Crippen molar-refractivity contribution in [3.63, 3.8) is 0 Å². The minimum absolute atomic E-state index is 0.0176. The fourth-order valence-electron chi connectivity index (χ4n) is 1.12. The summed E-state index contributed by atoms with van der Waals surface area (Å²) >= 11 is 6.54. The number of carbonyl (C=O) groups excluding carboxylic acids is 2. The SMILES string of the molecule is CCOC(=O)Nc1c(F)sc(CC(=O)OC)c1Cl. The van der Waals surface area contributed by atoms with Crippen molar-refractivity contribution in [3.8, 4) is 0 Å². The van der Waals surface area contributed by atoms with Crippen LogP contribution in [-0.2, 0) is 20.7 Å². The Bertz CT molecular complexity index is 463. The van der Waals surface area contributed by atoms with Crippen molar-refractivity contribution in [1.82, 2.24) is 0 Å². The van der Waals surface area contributed by atoms with Crippen molar-refractivity contribution in [2.45, 2.75) is 13.3 Å². The third-order valence-corrected chi connectivity index (χ3v) is 3.42. The Kier molecular flexibility index (Phi) is 5.36. The molecule has 1 N–H and O–H groups in total. The number of hydrogen-bond acceptors (Lipinski definition) is 5. The zero-order chi connectivity index (χ0) is 13.7. The number of nitrogens with one attached hydrogen (secondary N) is 1. The summed E-state index contributed by atoms with van der Waals surface area (Å²) in [4.78, 5) is 22.5. The van der Waals surface area contributed by atoms with Crippen LogP contribution in [0.2, 0.25) is 5.02 Å². The Morgan fingerprint density at radius 2 is 2.17 bits per heavy atom. The molecule has 1 rings (SSSR count). The predicted molar refractivity (Wildman–Crippen MR) is 65.7 cm³/mol. The molecule has 0 saturated heterocycles. The van der Waals surface area contributed by atoms with Gasteiger partial charge in [0.25, 0.3) is 0 Å². The number of rotatable bonds is 4. The fraction of sp³-hybridized carbons (Fsp3) is 0.400. The molecule has 1 aromatic heterocycles. The number of thiophene rings is 1. The van der Waals surface area contributed by atoms with Gasteiger partial charge in [-0.2, -0.15) is 4.39 Å². The number of ether oxygens (including phenoxy) is 2. The van der Waals surface area contributed by atoms with Crippen LogP contribution in [-0.4, -0.2) is 25.8 Å². The molecule has 100 valence electrons. The van der Waals surface area contributed by atoms with Gasteiger partial charge in [-0.15, -0.1) is 11.3 Å². The van der Waals surface area contributed by atoms with E-state index in [0.717, 1.165) is 0 Å². The Morgan fingerprint density at radius 1 is 1.50 bits per heavy atom. The average molecular weight is 296 g/mol. The molecule has 8 heteroatoms. The molecule has 0 bridgehead atoms. The maximum atomic E-state index is 13.5. The predicted octanol–water partition coefficient (Wildman–Crippen LogP) is 2.82. The average Bonchev–Trinajstić information content (AvgIpc) is 2.57. The molecule has 0 atom stereocenters. The number of esters is 1. The molecule has 18 heavy (non-hydrogen) atoms. The summed E-state index contributed by atoms with van der Waals surface area (Å²) in [6, 6.07) is 0. The second-order valence-corrected chi connectivity index (χ2v) is 4.52. The van der Waals surface area contributed by atoms with E-state index < -0.39 is 17.2 Å². The van der Waals surface area contributed by atoms with Gasteiger partial charge in [0.1, 0.15) is 5.69 Å². The lowest BCUT2D eigenvalue weighted by atomic mass is 10.3. The number of amides is 1. The highest BCUT2D eigenvalue weighted by Crippen LogP contribution is 2.36. The largest absolute Gasteiger partial charge is 0.469 e. The second-order valence-electron chi connectivity index (χ2n) is 3.09. The van der Waals surface area contributed by atoms with Crippen LogP contribution in [0.4, 0.5) is 14.9 Å². The number of halogens is 2. The summed E-state index contributed by atoms with van der Waals surface area (Å²) in [7, 11) is 1.22. The van der Waals surface area contributed by atoms with Crippen LogP contribution in [0.5, 0.6) is 0 Å². The molecule has 1 aromatic rings. The fourth-order valence-corrected chi connectivity index (χ4v) is 2.34. The van der Waals surface area contributed by atoms with Gasteiger partial charge in [0.2, 0.25) is 5.13 Å². The molecule has 0 radical (unpaired) electrons. The topological polar surface area (TPSA) is 64.6 Å². The third-order valence-electron chi connectivity index (χ3n) is 1.91. The standard InChI is InChI=1S/C10H11ClFNO4S/c1-3-17-10(15)13-8-7(11)5(18-9(8)12)4-6(14)16-2/h3-4H2,1-2H3,(H,13,15). The van der Waals surface area contributed by atoms with Gasteiger partial charge in [0.15, 0.2) is 0 Å². The van der Waals surface area contributed by atoms with E-state index in [9.17, 15) is 14.0 Å². The first kappa shape index (κ1) is 14.7. The number of methoxy groups -OCH3 is 1. The Balaban J connectivity index is 2.87. The van der Waals surface area contributed by atoms with Crippen LogP contribution < -0.4 is 5.32 Å². The van der Waals surface area contributed by atoms with E-state index in [1.54, 1.807) is 6.92 Å². The van der Waals surface area contributed by atoms with Gasteiger partial charge in [-0.05, 0) is 6.92 Å². The zero-order valence-corrected chi connectivity index (χ0v) is 11.3. The van der Waals surface area contributed by atoms with E-state index in [1.807, 2.05) is 0 Å². The van der Waals surface area contributed by atoms with Crippen LogP contribution in [0, 0.1) is 5.13 Å². The molecule has 0 aliphatic heterocycles. The van der Waals surface area contributed by atoms with E-state index in [-0.39, 0.29) is 28.6 Å². The maximum absolute atomic E-state index is 13.5. The Morgan fingerprint density at radius 3 is 2.72 bits per heavy atom. The van der Waals surface area contributed by atoms with Crippen LogP contribution >= 0.6 is 22.9 Å². The summed E-state index contributed by atoms with van der Waals surface area (Å²) in [5.41, 5.74) is -0.181. The Labute approximate surface area is 112 Å². The van der Waals surface area contributed by atoms with Crippen molar-refractivity contribution in [2.75, 3.05) is 19.0 Å². The highest BCUT2D eigenvalue weighted by molar-refractivity contribution is 7.11. The molecular formula is C10H11ClFNO4S. The van der Waals surface area contributed by atoms with E-state index in [0.29, 0.717) is 11.3 Å². The molecule has 1 amide bonds. The maximum Gasteiger partial charge on any atom is 0.411 e. The molecule has 0 fully saturated rings. The van der Waals surface area contributed by atoms with E-state index in [2.05, 4.69) is 14.8 Å². The number of carbonyl (C=O) groups is 2. The summed E-state index contributed by atoms with van der Waals surface area (Å²) in [5.74, 6) is -0.541. The second kappa shape index (κ2) is 6.55. The van der Waals surface area contributed by atoms with Gasteiger partial charge in [0, 0.05) is 4.88 Å². The highest BCUT2D eigenvalue weighted by Gasteiger charge is 2.21. The molecule has 5 nitrogen and oxygen atoms in total. The van der Waals surface area contributed by atoms with Crippen LogP contribution in [0.3, 0.4) is 0 Å². The molecule has 1 heterocycles. The minimum Gasteiger partial charge on any atom is -0.469 e. The molecular weight excluding hydrogens is 285 g/mol. The first-order valence-corrected chi connectivity index (χ1v) is 6.16. The van der Waals surface area contributed by atoms with Gasteiger partial charge < -0.3 is 9.47 Å². The van der Waals surface area contributed by atoms with Crippen molar-refractivity contribution in [1.29, 1.82) is 0 Å².